The van der Waals surface area contributed by atoms with Gasteiger partial charge in [0.05, 0.1) is 13.2 Å². The zero-order valence-corrected chi connectivity index (χ0v) is 28.6. The molecule has 1 aromatic heterocycles. The van der Waals surface area contributed by atoms with E-state index in [2.05, 4.69) is 4.74 Å². The van der Waals surface area contributed by atoms with Gasteiger partial charge in [0.15, 0.2) is 10.2 Å². The predicted octanol–water partition coefficient (Wildman–Crippen LogP) is 9.46. The van der Waals surface area contributed by atoms with Crippen LogP contribution in [0, 0.1) is 34.5 Å². The molecule has 1 atom stereocenters. The van der Waals surface area contributed by atoms with Gasteiger partial charge in [-0.3, -0.25) is 14.2 Å². The molecule has 0 aliphatic rings. The molecule has 3 rings (SSSR count). The van der Waals surface area contributed by atoms with Crippen molar-refractivity contribution >= 4 is 68.7 Å². The highest BCUT2D eigenvalue weighted by molar-refractivity contribution is 8.13. The number of thiophene rings is 1. The number of halogens is 7. The van der Waals surface area contributed by atoms with E-state index >= 15 is 8.78 Å². The maximum atomic E-state index is 15.9. The van der Waals surface area contributed by atoms with Gasteiger partial charge in [-0.25, -0.2) is 18.0 Å². The number of ether oxygens (including phenoxy) is 1. The summed E-state index contributed by atoms with van der Waals surface area (Å²) in [6, 6.07) is 3.79. The molecule has 0 spiro atoms. The standard InChI is InChI=1S/C29H28F7O7PS3/c1-5-6-19(37)45-11-9-41-44(40,42-10-12-46-27(39)28(2,3)4)29(35,36)16-7-8-17-15(13-16)14-18(47-17)26(38)43-25-23(33)21(31)20(30)22(32)24(25)34/h7-8,13-14H,5-6,9-12H2,1-4H3. The molecule has 18 heteroatoms. The van der Waals surface area contributed by atoms with E-state index in [1.54, 1.807) is 27.7 Å². The van der Waals surface area contributed by atoms with Crippen LogP contribution in [0.5, 0.6) is 5.75 Å². The Bertz CT molecular complexity index is 1680. The van der Waals surface area contributed by atoms with Crippen molar-refractivity contribution in [3.05, 3.63) is 63.8 Å². The van der Waals surface area contributed by atoms with Gasteiger partial charge in [-0.05, 0) is 30.0 Å². The molecule has 1 unspecified atom stereocenters. The number of alkyl halides is 2. The number of esters is 1. The molecular weight excluding hydrogens is 720 g/mol. The van der Waals surface area contributed by atoms with Gasteiger partial charge in [-0.15, -0.1) is 11.3 Å². The molecule has 0 aliphatic heterocycles. The highest BCUT2D eigenvalue weighted by Gasteiger charge is 2.55. The predicted molar refractivity (Wildman–Crippen MR) is 166 cm³/mol. The van der Waals surface area contributed by atoms with Crippen molar-refractivity contribution in [1.82, 2.24) is 0 Å². The monoisotopic (exact) mass is 748 g/mol. The van der Waals surface area contributed by atoms with Crippen LogP contribution in [0.4, 0.5) is 30.7 Å². The van der Waals surface area contributed by atoms with Gasteiger partial charge in [0.25, 0.3) is 0 Å². The number of carbonyl (C=O) groups is 3. The van der Waals surface area contributed by atoms with Crippen molar-refractivity contribution in [1.29, 1.82) is 0 Å². The molecule has 0 fully saturated rings. The van der Waals surface area contributed by atoms with Gasteiger partial charge in [0.1, 0.15) is 4.88 Å². The van der Waals surface area contributed by atoms with Crippen molar-refractivity contribution in [3.63, 3.8) is 0 Å². The molecule has 0 aliphatic carbocycles. The number of fused-ring (bicyclic) bond motifs is 1. The molecule has 0 saturated carbocycles. The lowest BCUT2D eigenvalue weighted by Crippen LogP contribution is -2.21. The maximum absolute atomic E-state index is 15.9. The van der Waals surface area contributed by atoms with Gasteiger partial charge >= 0.3 is 19.2 Å². The molecule has 0 N–H and O–H groups in total. The van der Waals surface area contributed by atoms with E-state index < -0.39 is 83.1 Å². The average molecular weight is 749 g/mol. The fourth-order valence-corrected chi connectivity index (χ4v) is 7.82. The Morgan fingerprint density at radius 2 is 1.40 bits per heavy atom. The van der Waals surface area contributed by atoms with Crippen molar-refractivity contribution in [2.24, 2.45) is 5.41 Å². The van der Waals surface area contributed by atoms with Crippen LogP contribution in [0.2, 0.25) is 0 Å². The minimum Gasteiger partial charge on any atom is -0.416 e. The van der Waals surface area contributed by atoms with Crippen molar-refractivity contribution < 1.29 is 63.5 Å². The third kappa shape index (κ3) is 9.18. The van der Waals surface area contributed by atoms with Crippen LogP contribution < -0.4 is 4.74 Å². The van der Waals surface area contributed by atoms with Gasteiger partial charge in [0, 0.05) is 33.6 Å². The van der Waals surface area contributed by atoms with E-state index in [0.717, 1.165) is 47.8 Å². The zero-order valence-electron chi connectivity index (χ0n) is 25.2. The second kappa shape index (κ2) is 15.9. The molecular formula is C29H28F7O7PS3. The molecule has 0 saturated heterocycles. The fourth-order valence-electron chi connectivity index (χ4n) is 3.60. The van der Waals surface area contributed by atoms with Crippen LogP contribution in [0.25, 0.3) is 10.1 Å². The van der Waals surface area contributed by atoms with E-state index in [1.807, 2.05) is 0 Å². The largest absolute Gasteiger partial charge is 0.416 e. The van der Waals surface area contributed by atoms with Crippen LogP contribution in [0.15, 0.2) is 24.3 Å². The van der Waals surface area contributed by atoms with Crippen LogP contribution in [0.1, 0.15) is 55.8 Å². The van der Waals surface area contributed by atoms with Crippen molar-refractivity contribution in [2.45, 2.75) is 46.2 Å². The summed E-state index contributed by atoms with van der Waals surface area (Å²) in [5.74, 6) is -15.5. The Balaban J connectivity index is 1.87. The Morgan fingerprint density at radius 1 is 0.851 bits per heavy atom. The zero-order chi connectivity index (χ0) is 35.3. The lowest BCUT2D eigenvalue weighted by molar-refractivity contribution is -0.117. The summed E-state index contributed by atoms with van der Waals surface area (Å²) >= 11 is 2.20. The van der Waals surface area contributed by atoms with Gasteiger partial charge in [0.2, 0.25) is 34.8 Å². The minimum absolute atomic E-state index is 0.0601. The van der Waals surface area contributed by atoms with Crippen LogP contribution in [-0.2, 0) is 28.9 Å². The number of hydrogen-bond donors (Lipinski definition) is 0. The minimum atomic E-state index is -5.34. The van der Waals surface area contributed by atoms with Crippen LogP contribution in [-0.4, -0.2) is 40.9 Å². The third-order valence-electron chi connectivity index (χ3n) is 6.02. The van der Waals surface area contributed by atoms with Crippen molar-refractivity contribution in [3.8, 4) is 5.75 Å². The molecule has 3 aromatic rings. The van der Waals surface area contributed by atoms with E-state index in [0.29, 0.717) is 17.8 Å². The Labute approximate surface area is 277 Å². The van der Waals surface area contributed by atoms with Crippen molar-refractivity contribution in [2.75, 3.05) is 24.7 Å². The summed E-state index contributed by atoms with van der Waals surface area (Å²) in [4.78, 5) is 36.1. The summed E-state index contributed by atoms with van der Waals surface area (Å²) in [5.41, 5.74) is -5.90. The number of thioether (sulfide) groups is 2. The molecule has 258 valence electrons. The number of rotatable bonds is 14. The first-order chi connectivity index (χ1) is 21.8. The first-order valence-corrected chi connectivity index (χ1v) is 18.0. The fraction of sp³-hybridized carbons (Fsp3) is 0.414. The number of hydrogen-bond acceptors (Lipinski definition) is 10. The summed E-state index contributed by atoms with van der Waals surface area (Å²) < 4.78 is 129. The molecule has 0 bridgehead atoms. The maximum Gasteiger partial charge on any atom is 0.404 e. The Kier molecular flexibility index (Phi) is 13.2. The summed E-state index contributed by atoms with van der Waals surface area (Å²) in [5, 5.41) is -0.532. The van der Waals surface area contributed by atoms with Gasteiger partial charge < -0.3 is 13.8 Å². The van der Waals surface area contributed by atoms with Gasteiger partial charge in [-0.1, -0.05) is 57.3 Å². The smallest absolute Gasteiger partial charge is 0.404 e. The summed E-state index contributed by atoms with van der Waals surface area (Å²) in [7, 11) is -5.34. The van der Waals surface area contributed by atoms with Crippen LogP contribution >= 0.6 is 42.5 Å². The van der Waals surface area contributed by atoms with E-state index in [4.69, 9.17) is 9.05 Å². The summed E-state index contributed by atoms with van der Waals surface area (Å²) in [6.45, 7) is 5.66. The Hall–Kier alpha value is -2.43. The quantitative estimate of drug-likeness (QED) is 0.0304. The number of carbonyl (C=O) groups excluding carboxylic acids is 3. The van der Waals surface area contributed by atoms with Gasteiger partial charge in [-0.2, -0.15) is 17.6 Å². The third-order valence-corrected chi connectivity index (χ3v) is 11.3. The van der Waals surface area contributed by atoms with E-state index in [-0.39, 0.29) is 38.2 Å². The molecule has 0 radical (unpaired) electrons. The number of benzene rings is 2. The first-order valence-electron chi connectivity index (χ1n) is 13.7. The van der Waals surface area contributed by atoms with Crippen LogP contribution in [0.3, 0.4) is 0 Å². The molecule has 1 heterocycles. The normalized spacial score (nSPS) is 13.5. The average Bonchev–Trinajstić information content (AvgIpc) is 3.45. The molecule has 0 amide bonds. The Morgan fingerprint density at radius 3 is 1.96 bits per heavy atom. The van der Waals surface area contributed by atoms with E-state index in [1.165, 1.54) is 0 Å². The lowest BCUT2D eigenvalue weighted by atomic mass is 10.00. The second-order valence-corrected chi connectivity index (χ2v) is 16.1. The topological polar surface area (TPSA) is 96.0 Å². The molecule has 47 heavy (non-hydrogen) atoms. The summed E-state index contributed by atoms with van der Waals surface area (Å²) in [6.07, 6.45) is 0.810. The highest BCUT2D eigenvalue weighted by Crippen LogP contribution is 2.67. The molecule has 2 aromatic carbocycles. The highest BCUT2D eigenvalue weighted by atomic mass is 32.2. The second-order valence-electron chi connectivity index (χ2n) is 10.7. The van der Waals surface area contributed by atoms with E-state index in [9.17, 15) is 40.9 Å². The SMILES string of the molecule is CCCC(=O)SCCOP(=O)(OCCSC(=O)C(C)(C)C)C(F)(F)c1ccc2sc(C(=O)Oc3c(F)c(F)c(F)c(F)c3F)cc2c1. The first kappa shape index (κ1) is 39.0. The molecule has 7 nitrogen and oxygen atoms in total. The lowest BCUT2D eigenvalue weighted by Gasteiger charge is -2.27.